The van der Waals surface area contributed by atoms with E-state index in [9.17, 15) is 31.2 Å². The first-order valence-corrected chi connectivity index (χ1v) is 11.1. The lowest BCUT2D eigenvalue weighted by Crippen LogP contribution is -2.23. The molecule has 1 amide bonds. The van der Waals surface area contributed by atoms with Gasteiger partial charge in [0.05, 0.1) is 10.5 Å². The Morgan fingerprint density at radius 1 is 0.879 bits per heavy atom. The van der Waals surface area contributed by atoms with Crippen LogP contribution in [0.4, 0.5) is 18.9 Å². The zero-order valence-electron chi connectivity index (χ0n) is 17.3. The summed E-state index contributed by atoms with van der Waals surface area (Å²) in [6, 6.07) is 15.6. The van der Waals surface area contributed by atoms with E-state index >= 15 is 0 Å². The number of alkyl halides is 3. The van der Waals surface area contributed by atoms with Crippen LogP contribution in [-0.2, 0) is 22.7 Å². The highest BCUT2D eigenvalue weighted by atomic mass is 32.2. The molecule has 33 heavy (non-hydrogen) atoms. The van der Waals surface area contributed by atoms with Crippen molar-refractivity contribution in [1.82, 2.24) is 5.32 Å². The maximum atomic E-state index is 12.8. The van der Waals surface area contributed by atoms with Gasteiger partial charge < -0.3 is 5.32 Å². The number of amides is 1. The number of ketones is 1. The molecule has 0 aliphatic carbocycles. The molecule has 0 saturated carbocycles. The second-order valence-electron chi connectivity index (χ2n) is 7.14. The molecule has 3 aromatic carbocycles. The first-order chi connectivity index (χ1) is 15.5. The Balaban J connectivity index is 1.63. The van der Waals surface area contributed by atoms with Crippen molar-refractivity contribution in [2.45, 2.75) is 24.5 Å². The van der Waals surface area contributed by atoms with E-state index in [1.54, 1.807) is 0 Å². The fraction of sp³-hybridized carbons (Fsp3) is 0.130. The highest BCUT2D eigenvalue weighted by Crippen LogP contribution is 2.29. The summed E-state index contributed by atoms with van der Waals surface area (Å²) in [7, 11) is -3.91. The second-order valence-corrected chi connectivity index (χ2v) is 8.83. The predicted molar refractivity (Wildman–Crippen MR) is 116 cm³/mol. The monoisotopic (exact) mass is 476 g/mol. The van der Waals surface area contributed by atoms with Crippen molar-refractivity contribution < 1.29 is 31.2 Å². The SMILES string of the molecule is CC(=O)c1ccc(S(=O)(=O)Nc2ccc(C(=O)NCc3cccc(C(F)(F)F)c3)cc2)cc1. The minimum Gasteiger partial charge on any atom is -0.348 e. The molecule has 10 heteroatoms. The highest BCUT2D eigenvalue weighted by Gasteiger charge is 2.30. The quantitative estimate of drug-likeness (QED) is 0.486. The highest BCUT2D eigenvalue weighted by molar-refractivity contribution is 7.92. The molecule has 0 aliphatic heterocycles. The van der Waals surface area contributed by atoms with Crippen LogP contribution < -0.4 is 10.0 Å². The van der Waals surface area contributed by atoms with Crippen molar-refractivity contribution in [1.29, 1.82) is 0 Å². The summed E-state index contributed by atoms with van der Waals surface area (Å²) < 4.78 is 65.8. The van der Waals surface area contributed by atoms with Crippen molar-refractivity contribution in [3.8, 4) is 0 Å². The van der Waals surface area contributed by atoms with Crippen molar-refractivity contribution >= 4 is 27.4 Å². The number of carbonyl (C=O) groups is 2. The van der Waals surface area contributed by atoms with Gasteiger partial charge in [-0.05, 0) is 61.0 Å². The van der Waals surface area contributed by atoms with Crippen molar-refractivity contribution in [3.63, 3.8) is 0 Å². The van der Waals surface area contributed by atoms with Crippen LogP contribution in [0.15, 0.2) is 77.7 Å². The Labute approximate surface area is 188 Å². The van der Waals surface area contributed by atoms with Gasteiger partial charge in [0.1, 0.15) is 0 Å². The number of nitrogens with one attached hydrogen (secondary N) is 2. The van der Waals surface area contributed by atoms with Gasteiger partial charge in [-0.15, -0.1) is 0 Å². The van der Waals surface area contributed by atoms with E-state index in [1.165, 1.54) is 67.6 Å². The lowest BCUT2D eigenvalue weighted by Gasteiger charge is -2.11. The molecule has 172 valence electrons. The van der Waals surface area contributed by atoms with Crippen LogP contribution in [0.1, 0.15) is 38.8 Å². The fourth-order valence-electron chi connectivity index (χ4n) is 2.91. The molecule has 6 nitrogen and oxygen atoms in total. The normalized spacial score (nSPS) is 11.6. The van der Waals surface area contributed by atoms with Crippen LogP contribution in [0.2, 0.25) is 0 Å². The molecule has 0 atom stereocenters. The average molecular weight is 476 g/mol. The fourth-order valence-corrected chi connectivity index (χ4v) is 3.97. The van der Waals surface area contributed by atoms with Crippen LogP contribution in [0, 0.1) is 0 Å². The molecule has 0 fully saturated rings. The van der Waals surface area contributed by atoms with E-state index in [1.807, 2.05) is 0 Å². The third-order valence-corrected chi connectivity index (χ3v) is 6.08. The number of Topliss-reactive ketones (excluding diaryl/α,β-unsaturated/α-hetero) is 1. The molecule has 3 rings (SSSR count). The molecule has 0 radical (unpaired) electrons. The molecule has 0 bridgehead atoms. The van der Waals surface area contributed by atoms with Crippen LogP contribution >= 0.6 is 0 Å². The van der Waals surface area contributed by atoms with E-state index in [0.717, 1.165) is 12.1 Å². The Kier molecular flexibility index (Phi) is 6.87. The first-order valence-electron chi connectivity index (χ1n) is 9.64. The number of sulfonamides is 1. The molecule has 3 aromatic rings. The van der Waals surface area contributed by atoms with E-state index in [-0.39, 0.29) is 28.5 Å². The molecule has 0 saturated heterocycles. The Hall–Kier alpha value is -3.66. The lowest BCUT2D eigenvalue weighted by molar-refractivity contribution is -0.137. The number of halogens is 3. The zero-order valence-corrected chi connectivity index (χ0v) is 18.1. The maximum Gasteiger partial charge on any atom is 0.416 e. The molecule has 0 heterocycles. The first kappa shape index (κ1) is 24.0. The van der Waals surface area contributed by atoms with Crippen LogP contribution in [0.5, 0.6) is 0 Å². The zero-order chi connectivity index (χ0) is 24.2. The van der Waals surface area contributed by atoms with Crippen molar-refractivity contribution in [2.24, 2.45) is 0 Å². The summed E-state index contributed by atoms with van der Waals surface area (Å²) in [6.45, 7) is 1.27. The molecular formula is C23H19F3N2O4S. The summed E-state index contributed by atoms with van der Waals surface area (Å²) in [5.41, 5.74) is 0.283. The summed E-state index contributed by atoms with van der Waals surface area (Å²) >= 11 is 0. The molecule has 0 spiro atoms. The van der Waals surface area contributed by atoms with Gasteiger partial charge in [-0.25, -0.2) is 8.42 Å². The lowest BCUT2D eigenvalue weighted by atomic mass is 10.1. The van der Waals surface area contributed by atoms with E-state index < -0.39 is 27.7 Å². The second kappa shape index (κ2) is 9.45. The molecule has 0 aromatic heterocycles. The van der Waals surface area contributed by atoms with Crippen LogP contribution in [-0.4, -0.2) is 20.1 Å². The number of rotatable bonds is 7. The summed E-state index contributed by atoms with van der Waals surface area (Å²) in [4.78, 5) is 23.6. The molecule has 0 unspecified atom stereocenters. The van der Waals surface area contributed by atoms with Gasteiger partial charge >= 0.3 is 6.18 Å². The summed E-state index contributed by atoms with van der Waals surface area (Å²) in [5.74, 6) is -0.713. The van der Waals surface area contributed by atoms with Crippen molar-refractivity contribution in [3.05, 3.63) is 95.1 Å². The van der Waals surface area contributed by atoms with E-state index in [0.29, 0.717) is 11.1 Å². The number of benzene rings is 3. The topological polar surface area (TPSA) is 92.3 Å². The number of hydrogen-bond donors (Lipinski definition) is 2. The van der Waals surface area contributed by atoms with E-state index in [2.05, 4.69) is 10.0 Å². The third kappa shape index (κ3) is 6.19. The number of hydrogen-bond acceptors (Lipinski definition) is 4. The largest absolute Gasteiger partial charge is 0.416 e. The van der Waals surface area contributed by atoms with Crippen LogP contribution in [0.3, 0.4) is 0 Å². The van der Waals surface area contributed by atoms with Gasteiger partial charge in [0, 0.05) is 23.4 Å². The smallest absolute Gasteiger partial charge is 0.348 e. The van der Waals surface area contributed by atoms with E-state index in [4.69, 9.17) is 0 Å². The van der Waals surface area contributed by atoms with Gasteiger partial charge in [0.15, 0.2) is 5.78 Å². The predicted octanol–water partition coefficient (Wildman–Crippen LogP) is 4.64. The number of anilines is 1. The standard InChI is InChI=1S/C23H19F3N2O4S/c1-15(29)17-7-11-21(12-8-17)33(31,32)28-20-9-5-18(6-10-20)22(30)27-14-16-3-2-4-19(13-16)23(24,25)26/h2-13,28H,14H2,1H3,(H,27,30). The summed E-state index contributed by atoms with van der Waals surface area (Å²) in [5, 5.41) is 2.53. The maximum absolute atomic E-state index is 12.8. The summed E-state index contributed by atoms with van der Waals surface area (Å²) in [6.07, 6.45) is -4.47. The Morgan fingerprint density at radius 2 is 1.48 bits per heavy atom. The van der Waals surface area contributed by atoms with Gasteiger partial charge in [-0.2, -0.15) is 13.2 Å². The minimum atomic E-state index is -4.47. The average Bonchev–Trinajstić information content (AvgIpc) is 2.77. The van der Waals surface area contributed by atoms with Crippen molar-refractivity contribution in [2.75, 3.05) is 4.72 Å². The van der Waals surface area contributed by atoms with Gasteiger partial charge in [0.2, 0.25) is 0 Å². The Bertz CT molecular complexity index is 1270. The third-order valence-electron chi connectivity index (χ3n) is 4.68. The number of carbonyl (C=O) groups excluding carboxylic acids is 2. The Morgan fingerprint density at radius 3 is 2.06 bits per heavy atom. The molecule has 2 N–H and O–H groups in total. The molecule has 0 aliphatic rings. The van der Waals surface area contributed by atoms with Gasteiger partial charge in [-0.3, -0.25) is 14.3 Å². The van der Waals surface area contributed by atoms with Gasteiger partial charge in [0.25, 0.3) is 15.9 Å². The van der Waals surface area contributed by atoms with Crippen LogP contribution in [0.25, 0.3) is 0 Å². The molecular weight excluding hydrogens is 457 g/mol. The van der Waals surface area contributed by atoms with Gasteiger partial charge in [-0.1, -0.05) is 24.3 Å². The minimum absolute atomic E-state index is 0.0320.